The zero-order valence-electron chi connectivity index (χ0n) is 13.5. The minimum absolute atomic E-state index is 0.0231. The van der Waals surface area contributed by atoms with Crippen LogP contribution in [-0.4, -0.2) is 28.7 Å². The van der Waals surface area contributed by atoms with Crippen molar-refractivity contribution < 1.29 is 14.6 Å². The molecule has 2 saturated heterocycles. The Kier molecular flexibility index (Phi) is 2.42. The van der Waals surface area contributed by atoms with Gasteiger partial charge in [0.25, 0.3) is 0 Å². The van der Waals surface area contributed by atoms with E-state index in [2.05, 4.69) is 40.3 Å². The van der Waals surface area contributed by atoms with Crippen LogP contribution in [0, 0.1) is 16.7 Å². The number of ether oxygens (including phenoxy) is 2. The van der Waals surface area contributed by atoms with Crippen molar-refractivity contribution in [3.8, 4) is 0 Å². The minimum atomic E-state index is -1.15. The summed E-state index contributed by atoms with van der Waals surface area (Å²) in [5, 5.41) is 11.2. The molecule has 2 aliphatic carbocycles. The van der Waals surface area contributed by atoms with Crippen molar-refractivity contribution >= 4 is 0 Å². The monoisotopic (exact) mass is 290 g/mol. The first-order chi connectivity index (χ1) is 9.68. The smallest absolute Gasteiger partial charge is 0.175 e. The van der Waals surface area contributed by atoms with Gasteiger partial charge in [-0.25, -0.2) is 0 Å². The third-order valence-electron chi connectivity index (χ3n) is 6.62. The third-order valence-corrected chi connectivity index (χ3v) is 6.62. The van der Waals surface area contributed by atoms with Gasteiger partial charge < -0.3 is 14.6 Å². The average Bonchev–Trinajstić information content (AvgIpc) is 2.95. The molecule has 2 heterocycles. The van der Waals surface area contributed by atoms with Crippen LogP contribution >= 0.6 is 0 Å². The van der Waals surface area contributed by atoms with E-state index in [1.807, 2.05) is 0 Å². The van der Waals surface area contributed by atoms with Crippen LogP contribution < -0.4 is 0 Å². The topological polar surface area (TPSA) is 42.0 Å². The highest BCUT2D eigenvalue weighted by atomic mass is 16.7. The van der Waals surface area contributed by atoms with E-state index < -0.39 is 5.79 Å². The Morgan fingerprint density at radius 3 is 2.71 bits per heavy atom. The summed E-state index contributed by atoms with van der Waals surface area (Å²) in [5.74, 6) is -1.17. The zero-order valence-corrected chi connectivity index (χ0v) is 13.5. The molecule has 6 atom stereocenters. The highest BCUT2D eigenvalue weighted by molar-refractivity contribution is 5.41. The number of epoxide rings is 1. The van der Waals surface area contributed by atoms with Crippen molar-refractivity contribution in [2.45, 2.75) is 70.6 Å². The molecule has 0 aromatic heterocycles. The summed E-state index contributed by atoms with van der Waals surface area (Å²) in [6.45, 7) is 12.8. The number of aliphatic hydroxyl groups is 1. The van der Waals surface area contributed by atoms with Gasteiger partial charge in [0, 0.05) is 11.8 Å². The Bertz CT molecular complexity index is 551. The van der Waals surface area contributed by atoms with Crippen molar-refractivity contribution in [2.24, 2.45) is 16.7 Å². The summed E-state index contributed by atoms with van der Waals surface area (Å²) >= 11 is 0. The molecule has 1 N–H and O–H groups in total. The lowest BCUT2D eigenvalue weighted by Crippen LogP contribution is -2.54. The quantitative estimate of drug-likeness (QED) is 0.627. The Morgan fingerprint density at radius 1 is 1.33 bits per heavy atom. The summed E-state index contributed by atoms with van der Waals surface area (Å²) in [6.07, 6.45) is 6.85. The summed E-state index contributed by atoms with van der Waals surface area (Å²) in [4.78, 5) is 0. The van der Waals surface area contributed by atoms with Crippen molar-refractivity contribution in [1.29, 1.82) is 0 Å². The van der Waals surface area contributed by atoms with Crippen LogP contribution in [0.3, 0.4) is 0 Å². The molecule has 4 rings (SSSR count). The standard InChI is InChI=1S/C18H26O3/c1-6-8-18(19)14-16(4)11(10-13-17(14,5)20-13)15(2,3)9-7-12(16)21-18/h6,10,12-14,19H,1,7-9H2,2-5H3/t12-,13-,14?,16+,17-,18-/m0/s1. The lowest BCUT2D eigenvalue weighted by Gasteiger charge is -2.52. The van der Waals surface area contributed by atoms with Gasteiger partial charge >= 0.3 is 0 Å². The lowest BCUT2D eigenvalue weighted by atomic mass is 9.50. The number of hydrogen-bond acceptors (Lipinski definition) is 3. The van der Waals surface area contributed by atoms with Gasteiger partial charge in [0.1, 0.15) is 11.7 Å². The van der Waals surface area contributed by atoms with Crippen molar-refractivity contribution in [1.82, 2.24) is 0 Å². The molecule has 4 aliphatic rings. The maximum atomic E-state index is 11.2. The molecule has 0 aromatic carbocycles. The first-order valence-electron chi connectivity index (χ1n) is 8.10. The Labute approximate surface area is 127 Å². The minimum Gasteiger partial charge on any atom is -0.365 e. The summed E-state index contributed by atoms with van der Waals surface area (Å²) in [5.41, 5.74) is 1.15. The number of fused-ring (bicyclic) bond motifs is 2. The molecule has 3 nitrogen and oxygen atoms in total. The molecule has 0 aromatic rings. The van der Waals surface area contributed by atoms with Gasteiger partial charge in [0.05, 0.1) is 12.0 Å². The Hall–Kier alpha value is -0.640. The molecule has 3 heteroatoms. The molecule has 0 radical (unpaired) electrons. The molecule has 3 fully saturated rings. The number of hydrogen-bond donors (Lipinski definition) is 1. The largest absolute Gasteiger partial charge is 0.365 e. The molecular formula is C18H26O3. The fraction of sp³-hybridized carbons (Fsp3) is 0.778. The van der Waals surface area contributed by atoms with Gasteiger partial charge in [-0.05, 0) is 25.2 Å². The van der Waals surface area contributed by atoms with E-state index in [0.29, 0.717) is 6.42 Å². The second-order valence-electron chi connectivity index (χ2n) is 8.39. The first-order valence-corrected chi connectivity index (χ1v) is 8.10. The summed E-state index contributed by atoms with van der Waals surface area (Å²) in [6, 6.07) is 0. The van der Waals surface area contributed by atoms with E-state index in [1.165, 1.54) is 5.57 Å². The Morgan fingerprint density at radius 2 is 2.05 bits per heavy atom. The Balaban J connectivity index is 1.91. The van der Waals surface area contributed by atoms with Gasteiger partial charge in [-0.1, -0.05) is 38.5 Å². The molecule has 0 spiro atoms. The lowest BCUT2D eigenvalue weighted by molar-refractivity contribution is -0.218. The van der Waals surface area contributed by atoms with Crippen LogP contribution in [-0.2, 0) is 9.47 Å². The van der Waals surface area contributed by atoms with Crippen LogP contribution in [0.1, 0.15) is 47.0 Å². The van der Waals surface area contributed by atoms with Crippen LogP contribution in [0.15, 0.2) is 24.3 Å². The van der Waals surface area contributed by atoms with E-state index >= 15 is 0 Å². The van der Waals surface area contributed by atoms with Crippen LogP contribution in [0.4, 0.5) is 0 Å². The SMILES string of the molecule is C=CC[C@]1(O)O[C@H]2CCC(C)(C)C3=C[C@@H]4O[C@]4(C)C1[C@]32C. The van der Waals surface area contributed by atoms with Gasteiger partial charge in [0.2, 0.25) is 0 Å². The van der Waals surface area contributed by atoms with E-state index in [0.717, 1.165) is 12.8 Å². The van der Waals surface area contributed by atoms with E-state index in [4.69, 9.17) is 9.47 Å². The van der Waals surface area contributed by atoms with Crippen LogP contribution in [0.5, 0.6) is 0 Å². The highest BCUT2D eigenvalue weighted by Gasteiger charge is 2.78. The molecule has 0 amide bonds. The van der Waals surface area contributed by atoms with Crippen molar-refractivity contribution in [3.05, 3.63) is 24.3 Å². The normalized spacial score (nSPS) is 56.2. The second-order valence-corrected chi connectivity index (χ2v) is 8.39. The predicted octanol–water partition coefficient (Wildman–Crippen LogP) is 3.19. The highest BCUT2D eigenvalue weighted by Crippen LogP contribution is 2.71. The van der Waals surface area contributed by atoms with Gasteiger partial charge in [0.15, 0.2) is 5.79 Å². The number of rotatable bonds is 2. The summed E-state index contributed by atoms with van der Waals surface area (Å²) < 4.78 is 12.3. The van der Waals surface area contributed by atoms with Gasteiger partial charge in [-0.15, -0.1) is 6.58 Å². The molecule has 1 saturated carbocycles. The summed E-state index contributed by atoms with van der Waals surface area (Å²) in [7, 11) is 0. The third kappa shape index (κ3) is 1.45. The van der Waals surface area contributed by atoms with Gasteiger partial charge in [-0.3, -0.25) is 0 Å². The molecule has 21 heavy (non-hydrogen) atoms. The van der Waals surface area contributed by atoms with E-state index in [9.17, 15) is 5.11 Å². The maximum absolute atomic E-state index is 11.2. The first kappa shape index (κ1) is 14.0. The van der Waals surface area contributed by atoms with E-state index in [1.54, 1.807) is 6.08 Å². The van der Waals surface area contributed by atoms with Crippen LogP contribution in [0.25, 0.3) is 0 Å². The van der Waals surface area contributed by atoms with E-state index in [-0.39, 0.29) is 34.6 Å². The molecular weight excluding hydrogens is 264 g/mol. The fourth-order valence-electron chi connectivity index (χ4n) is 5.78. The molecule has 1 unspecified atom stereocenters. The van der Waals surface area contributed by atoms with Crippen molar-refractivity contribution in [3.63, 3.8) is 0 Å². The van der Waals surface area contributed by atoms with Crippen molar-refractivity contribution in [2.75, 3.05) is 0 Å². The van der Waals surface area contributed by atoms with Gasteiger partial charge in [-0.2, -0.15) is 0 Å². The average molecular weight is 290 g/mol. The molecule has 0 bridgehead atoms. The second kappa shape index (κ2) is 3.64. The zero-order chi connectivity index (χ0) is 15.3. The maximum Gasteiger partial charge on any atom is 0.175 e. The molecule has 2 aliphatic heterocycles. The molecule has 116 valence electrons. The fourth-order valence-corrected chi connectivity index (χ4v) is 5.78. The predicted molar refractivity (Wildman–Crippen MR) is 80.6 cm³/mol. The van der Waals surface area contributed by atoms with Crippen LogP contribution in [0.2, 0.25) is 0 Å².